The number of carboxylic acid groups (broad SMARTS) is 1. The molecule has 1 atom stereocenters. The molecular formula is C19H21NO5S. The number of carbonyl (C=O) groups is 2. The molecule has 2 aromatic rings. The Balaban J connectivity index is 2.16. The van der Waals surface area contributed by atoms with Crippen molar-refractivity contribution in [2.24, 2.45) is 0 Å². The molecule has 26 heavy (non-hydrogen) atoms. The predicted octanol–water partition coefficient (Wildman–Crippen LogP) is 2.35. The van der Waals surface area contributed by atoms with Crippen LogP contribution in [0.15, 0.2) is 59.5 Å². The van der Waals surface area contributed by atoms with Gasteiger partial charge < -0.3 is 10.4 Å². The molecule has 0 aliphatic heterocycles. The van der Waals surface area contributed by atoms with E-state index >= 15 is 0 Å². The fourth-order valence-corrected chi connectivity index (χ4v) is 3.65. The fraction of sp³-hybridized carbons (Fsp3) is 0.263. The number of carboxylic acids is 1. The fourth-order valence-electron chi connectivity index (χ4n) is 2.71. The number of benzene rings is 2. The summed E-state index contributed by atoms with van der Waals surface area (Å²) in [6.07, 6.45) is 1.17. The van der Waals surface area contributed by atoms with Crippen LogP contribution in [0.25, 0.3) is 0 Å². The third-order valence-corrected chi connectivity index (χ3v) is 5.10. The van der Waals surface area contributed by atoms with E-state index < -0.39 is 21.8 Å². The van der Waals surface area contributed by atoms with Gasteiger partial charge in [-0.05, 0) is 23.6 Å². The van der Waals surface area contributed by atoms with Crippen molar-refractivity contribution >= 4 is 21.7 Å². The molecule has 0 fully saturated rings. The van der Waals surface area contributed by atoms with Crippen molar-refractivity contribution < 1.29 is 23.1 Å². The van der Waals surface area contributed by atoms with Crippen LogP contribution >= 0.6 is 0 Å². The lowest BCUT2D eigenvalue weighted by Crippen LogP contribution is -2.30. The van der Waals surface area contributed by atoms with Gasteiger partial charge in [0.1, 0.15) is 0 Å². The second kappa shape index (κ2) is 8.62. The third-order valence-electron chi connectivity index (χ3n) is 3.91. The second-order valence-corrected chi connectivity index (χ2v) is 8.00. The third kappa shape index (κ3) is 5.70. The maximum absolute atomic E-state index is 12.5. The van der Waals surface area contributed by atoms with E-state index in [1.54, 1.807) is 18.2 Å². The first-order chi connectivity index (χ1) is 12.3. The van der Waals surface area contributed by atoms with Gasteiger partial charge in [-0.15, -0.1) is 0 Å². The smallest absolute Gasteiger partial charge is 0.303 e. The Morgan fingerprint density at radius 3 is 2.27 bits per heavy atom. The number of aliphatic carboxylic acids is 1. The highest BCUT2D eigenvalue weighted by atomic mass is 32.2. The number of rotatable bonds is 8. The standard InChI is InChI=1S/C19H21NO5S/c1-26(24,25)17-10-6-5-9-15(17)13-18(21)20-16(11-12-19(22)23)14-7-3-2-4-8-14/h2-10,16H,11-13H2,1H3,(H,20,21)(H,22,23). The summed E-state index contributed by atoms with van der Waals surface area (Å²) in [4.78, 5) is 23.5. The first-order valence-corrected chi connectivity index (χ1v) is 10.0. The first-order valence-electron chi connectivity index (χ1n) is 8.11. The Bertz CT molecular complexity index is 878. The van der Waals surface area contributed by atoms with Crippen LogP contribution in [0.3, 0.4) is 0 Å². The van der Waals surface area contributed by atoms with Crippen molar-refractivity contribution in [3.63, 3.8) is 0 Å². The Kier molecular flexibility index (Phi) is 6.52. The molecule has 1 amide bonds. The van der Waals surface area contributed by atoms with Crippen LogP contribution in [-0.2, 0) is 25.8 Å². The Morgan fingerprint density at radius 2 is 1.65 bits per heavy atom. The van der Waals surface area contributed by atoms with Crippen LogP contribution in [0, 0.1) is 0 Å². The van der Waals surface area contributed by atoms with Gasteiger partial charge in [0.2, 0.25) is 5.91 Å². The SMILES string of the molecule is CS(=O)(=O)c1ccccc1CC(=O)NC(CCC(=O)O)c1ccccc1. The largest absolute Gasteiger partial charge is 0.481 e. The van der Waals surface area contributed by atoms with E-state index in [1.807, 2.05) is 30.3 Å². The van der Waals surface area contributed by atoms with Crippen molar-refractivity contribution in [3.8, 4) is 0 Å². The number of amides is 1. The molecule has 7 heteroatoms. The van der Waals surface area contributed by atoms with Gasteiger partial charge in [-0.1, -0.05) is 48.5 Å². The minimum atomic E-state index is -3.44. The summed E-state index contributed by atoms with van der Waals surface area (Å²) in [6.45, 7) is 0. The summed E-state index contributed by atoms with van der Waals surface area (Å²) in [5.74, 6) is -1.30. The molecule has 0 saturated heterocycles. The Labute approximate surface area is 152 Å². The van der Waals surface area contributed by atoms with Crippen molar-refractivity contribution in [2.45, 2.75) is 30.2 Å². The van der Waals surface area contributed by atoms with Crippen LogP contribution in [-0.4, -0.2) is 31.7 Å². The molecule has 138 valence electrons. The van der Waals surface area contributed by atoms with Gasteiger partial charge in [-0.25, -0.2) is 8.42 Å². The summed E-state index contributed by atoms with van der Waals surface area (Å²) < 4.78 is 23.7. The maximum atomic E-state index is 12.5. The summed E-state index contributed by atoms with van der Waals surface area (Å²) in [7, 11) is -3.44. The molecule has 0 saturated carbocycles. The minimum absolute atomic E-state index is 0.0836. The van der Waals surface area contributed by atoms with E-state index in [0.29, 0.717) is 5.56 Å². The highest BCUT2D eigenvalue weighted by Gasteiger charge is 2.19. The minimum Gasteiger partial charge on any atom is -0.481 e. The van der Waals surface area contributed by atoms with Crippen LogP contribution in [0.2, 0.25) is 0 Å². The van der Waals surface area contributed by atoms with Crippen LogP contribution in [0.1, 0.15) is 30.0 Å². The van der Waals surface area contributed by atoms with Gasteiger partial charge in [-0.3, -0.25) is 9.59 Å². The zero-order chi connectivity index (χ0) is 19.2. The molecule has 0 bridgehead atoms. The van der Waals surface area contributed by atoms with Gasteiger partial charge in [0.05, 0.1) is 17.4 Å². The monoisotopic (exact) mass is 375 g/mol. The van der Waals surface area contributed by atoms with Gasteiger partial charge in [0.15, 0.2) is 9.84 Å². The summed E-state index contributed by atoms with van der Waals surface area (Å²) in [5.41, 5.74) is 1.22. The van der Waals surface area contributed by atoms with E-state index in [-0.39, 0.29) is 30.1 Å². The second-order valence-electron chi connectivity index (χ2n) is 6.02. The Morgan fingerprint density at radius 1 is 1.04 bits per heavy atom. The molecule has 2 aromatic carbocycles. The van der Waals surface area contributed by atoms with Crippen LogP contribution in [0.5, 0.6) is 0 Å². The van der Waals surface area contributed by atoms with Gasteiger partial charge in [-0.2, -0.15) is 0 Å². The summed E-state index contributed by atoms with van der Waals surface area (Å²) in [5, 5.41) is 11.7. The normalized spacial score (nSPS) is 12.3. The van der Waals surface area contributed by atoms with E-state index in [1.165, 1.54) is 6.07 Å². The van der Waals surface area contributed by atoms with Crippen LogP contribution in [0.4, 0.5) is 0 Å². The predicted molar refractivity (Wildman–Crippen MR) is 97.5 cm³/mol. The highest BCUT2D eigenvalue weighted by molar-refractivity contribution is 7.90. The van der Waals surface area contributed by atoms with E-state index in [0.717, 1.165) is 11.8 Å². The molecule has 1 unspecified atom stereocenters. The van der Waals surface area contributed by atoms with Crippen molar-refractivity contribution in [1.82, 2.24) is 5.32 Å². The number of sulfone groups is 1. The lowest BCUT2D eigenvalue weighted by molar-refractivity contribution is -0.137. The lowest BCUT2D eigenvalue weighted by atomic mass is 10.0. The van der Waals surface area contributed by atoms with Gasteiger partial charge >= 0.3 is 5.97 Å². The highest BCUT2D eigenvalue weighted by Crippen LogP contribution is 2.20. The van der Waals surface area contributed by atoms with Gasteiger partial charge in [0.25, 0.3) is 0 Å². The quantitative estimate of drug-likeness (QED) is 0.738. The molecule has 0 spiro atoms. The molecule has 6 nitrogen and oxygen atoms in total. The topological polar surface area (TPSA) is 101 Å². The summed E-state index contributed by atoms with van der Waals surface area (Å²) >= 11 is 0. The number of hydrogen-bond donors (Lipinski definition) is 2. The lowest BCUT2D eigenvalue weighted by Gasteiger charge is -2.19. The zero-order valence-corrected chi connectivity index (χ0v) is 15.2. The van der Waals surface area contributed by atoms with Crippen molar-refractivity contribution in [3.05, 3.63) is 65.7 Å². The molecule has 2 rings (SSSR count). The number of nitrogens with one attached hydrogen (secondary N) is 1. The van der Waals surface area contributed by atoms with Crippen molar-refractivity contribution in [2.75, 3.05) is 6.26 Å². The molecule has 0 aromatic heterocycles. The van der Waals surface area contributed by atoms with E-state index in [4.69, 9.17) is 5.11 Å². The molecular weight excluding hydrogens is 354 g/mol. The number of hydrogen-bond acceptors (Lipinski definition) is 4. The average molecular weight is 375 g/mol. The van der Waals surface area contributed by atoms with Gasteiger partial charge in [0, 0.05) is 12.7 Å². The molecule has 0 heterocycles. The van der Waals surface area contributed by atoms with E-state index in [2.05, 4.69) is 5.32 Å². The molecule has 0 aliphatic carbocycles. The first kappa shape index (κ1) is 19.7. The van der Waals surface area contributed by atoms with Crippen molar-refractivity contribution in [1.29, 1.82) is 0 Å². The van der Waals surface area contributed by atoms with Crippen LogP contribution < -0.4 is 5.32 Å². The van der Waals surface area contributed by atoms with E-state index in [9.17, 15) is 18.0 Å². The molecule has 0 aliphatic rings. The average Bonchev–Trinajstić information content (AvgIpc) is 2.58. The Hall–Kier alpha value is -2.67. The summed E-state index contributed by atoms with van der Waals surface area (Å²) in [6, 6.07) is 15.0. The maximum Gasteiger partial charge on any atom is 0.303 e. The molecule has 2 N–H and O–H groups in total. The zero-order valence-electron chi connectivity index (χ0n) is 14.4. The molecule has 0 radical (unpaired) electrons. The number of carbonyl (C=O) groups excluding carboxylic acids is 1.